The van der Waals surface area contributed by atoms with Crippen LogP contribution in [0.2, 0.25) is 0 Å². The summed E-state index contributed by atoms with van der Waals surface area (Å²) in [5.41, 5.74) is 0.711. The van der Waals surface area contributed by atoms with Crippen molar-refractivity contribution in [2.45, 2.75) is 130 Å². The number of aliphatic hydroxyl groups is 1. The topological polar surface area (TPSA) is 141 Å². The molecule has 0 spiro atoms. The van der Waals surface area contributed by atoms with E-state index in [1.165, 1.54) is 0 Å². The van der Waals surface area contributed by atoms with Crippen molar-refractivity contribution in [3.8, 4) is 0 Å². The van der Waals surface area contributed by atoms with Crippen molar-refractivity contribution in [2.75, 3.05) is 41.9 Å². The van der Waals surface area contributed by atoms with Crippen molar-refractivity contribution in [3.05, 3.63) is 35.9 Å². The highest BCUT2D eigenvalue weighted by molar-refractivity contribution is 5.90. The molecule has 1 aromatic carbocycles. The van der Waals surface area contributed by atoms with Gasteiger partial charge >= 0.3 is 0 Å². The number of nitrogens with one attached hydrogen (secondary N) is 2. The Morgan fingerprint density at radius 2 is 1.52 bits per heavy atom. The largest absolute Gasteiger partial charge is 0.386 e. The fourth-order valence-corrected chi connectivity index (χ4v) is 7.78. The van der Waals surface area contributed by atoms with Gasteiger partial charge in [0.15, 0.2) is 0 Å². The number of nitrogens with zero attached hydrogens (tertiary/aromatic N) is 3. The van der Waals surface area contributed by atoms with Crippen LogP contribution in [0.15, 0.2) is 30.3 Å². The lowest BCUT2D eigenvalue weighted by Crippen LogP contribution is -2.59. The Kier molecular flexibility index (Phi) is 18.2. The van der Waals surface area contributed by atoms with Crippen LogP contribution in [0, 0.1) is 23.7 Å². The van der Waals surface area contributed by atoms with E-state index in [9.17, 15) is 24.3 Å². The number of carbonyl (C=O) groups excluding carboxylic acids is 4. The lowest BCUT2D eigenvalue weighted by atomic mass is 9.89. The summed E-state index contributed by atoms with van der Waals surface area (Å²) in [6, 6.07) is 6.72. The first-order chi connectivity index (χ1) is 24.4. The molecule has 0 aliphatic carbocycles. The highest BCUT2D eigenvalue weighted by atomic mass is 16.5. The molecule has 1 fully saturated rings. The Hall–Kier alpha value is -3.06. The second-order valence-electron chi connectivity index (χ2n) is 15.6. The van der Waals surface area contributed by atoms with Crippen LogP contribution in [0.4, 0.5) is 0 Å². The standard InChI is InChI=1S/C40H69N5O7/c1-14-26(6)35(44(11)40(50)33(24(2)3)42-39(49)34(25(4)5)43(9)10)31(51-12)23-32(46)45-22-18-21-30(45)37(52-13)27(7)38(48)41-28(8)36(47)29-19-16-15-17-20-29/h15-17,19-20,24-28,30-31,33-37,47H,14,18,21-23H2,1-13H3,(H,41,48)(H,42,49)/t26-,27+,28+,30-,31+,33-,34?,35-,36+,37+/m0/s1. The zero-order valence-electron chi connectivity index (χ0n) is 34.1. The van der Waals surface area contributed by atoms with Crippen LogP contribution in [-0.4, -0.2) is 128 Å². The molecule has 0 aromatic heterocycles. The molecule has 3 N–H and O–H groups in total. The average molecular weight is 732 g/mol. The molecule has 12 nitrogen and oxygen atoms in total. The van der Waals surface area contributed by atoms with Gasteiger partial charge in [-0.3, -0.25) is 24.1 Å². The molecule has 1 heterocycles. The van der Waals surface area contributed by atoms with E-state index in [0.717, 1.165) is 12.8 Å². The third-order valence-corrected chi connectivity index (χ3v) is 10.9. The van der Waals surface area contributed by atoms with Crippen LogP contribution in [0.1, 0.15) is 92.7 Å². The third kappa shape index (κ3) is 11.5. The number of likely N-dealkylation sites (N-methyl/N-ethyl adjacent to an activating group) is 2. The predicted octanol–water partition coefficient (Wildman–Crippen LogP) is 3.87. The van der Waals surface area contributed by atoms with Crippen molar-refractivity contribution < 1.29 is 33.8 Å². The number of rotatable bonds is 20. The average Bonchev–Trinajstić information content (AvgIpc) is 3.59. The van der Waals surface area contributed by atoms with Gasteiger partial charge in [0, 0.05) is 27.8 Å². The highest BCUT2D eigenvalue weighted by Gasteiger charge is 2.43. The molecule has 1 aromatic rings. The molecule has 1 saturated heterocycles. The minimum atomic E-state index is -0.876. The van der Waals surface area contributed by atoms with Crippen molar-refractivity contribution >= 4 is 23.6 Å². The minimum absolute atomic E-state index is 0.0153. The van der Waals surface area contributed by atoms with Gasteiger partial charge in [0.2, 0.25) is 23.6 Å². The summed E-state index contributed by atoms with van der Waals surface area (Å²) in [5, 5.41) is 16.8. The number of hydrogen-bond donors (Lipinski definition) is 3. The summed E-state index contributed by atoms with van der Waals surface area (Å²) >= 11 is 0. The molecule has 0 bridgehead atoms. The molecule has 1 aliphatic rings. The normalized spacial score (nSPS) is 20.1. The SMILES string of the molecule is CC[C@H](C)[C@@H]([C@@H](CC(=O)N1CCC[C@H]1[C@H](OC)[C@@H](C)C(=O)N[C@H](C)[C@@H](O)c1ccccc1)OC)N(C)C(=O)[C@@H](NC(=O)C(C(C)C)N(C)C)C(C)C. The molecule has 52 heavy (non-hydrogen) atoms. The van der Waals surface area contributed by atoms with Gasteiger partial charge in [-0.25, -0.2) is 0 Å². The first-order valence-corrected chi connectivity index (χ1v) is 19.0. The van der Waals surface area contributed by atoms with E-state index >= 15 is 0 Å². The summed E-state index contributed by atoms with van der Waals surface area (Å²) in [4.78, 5) is 60.6. The molecule has 0 saturated carbocycles. The summed E-state index contributed by atoms with van der Waals surface area (Å²) in [7, 11) is 8.57. The fraction of sp³-hybridized carbons (Fsp3) is 0.750. The van der Waals surface area contributed by atoms with Gasteiger partial charge in [-0.05, 0) is 57.2 Å². The summed E-state index contributed by atoms with van der Waals surface area (Å²) in [6.07, 6.45) is 0.148. The maximum absolute atomic E-state index is 14.2. The second-order valence-corrected chi connectivity index (χ2v) is 15.6. The number of carbonyl (C=O) groups is 4. The van der Waals surface area contributed by atoms with E-state index < -0.39 is 48.4 Å². The maximum Gasteiger partial charge on any atom is 0.245 e. The molecule has 2 rings (SSSR count). The first kappa shape index (κ1) is 45.1. The van der Waals surface area contributed by atoms with E-state index in [4.69, 9.17) is 9.47 Å². The monoisotopic (exact) mass is 732 g/mol. The number of hydrogen-bond acceptors (Lipinski definition) is 8. The number of methoxy groups -OCH3 is 2. The van der Waals surface area contributed by atoms with E-state index in [-0.39, 0.29) is 53.8 Å². The predicted molar refractivity (Wildman–Crippen MR) is 204 cm³/mol. The Labute approximate surface area is 313 Å². The number of likely N-dealkylation sites (tertiary alicyclic amines) is 1. The van der Waals surface area contributed by atoms with E-state index in [2.05, 4.69) is 10.6 Å². The van der Waals surface area contributed by atoms with Gasteiger partial charge in [0.1, 0.15) is 6.04 Å². The molecule has 12 heteroatoms. The zero-order valence-corrected chi connectivity index (χ0v) is 34.1. The summed E-state index contributed by atoms with van der Waals surface area (Å²) < 4.78 is 11.9. The molecular weight excluding hydrogens is 662 g/mol. The van der Waals surface area contributed by atoms with E-state index in [1.54, 1.807) is 44.9 Å². The van der Waals surface area contributed by atoms with Gasteiger partial charge < -0.3 is 35.0 Å². The van der Waals surface area contributed by atoms with Gasteiger partial charge in [-0.2, -0.15) is 0 Å². The number of benzene rings is 1. The van der Waals surface area contributed by atoms with Crippen molar-refractivity contribution in [2.24, 2.45) is 23.7 Å². The third-order valence-electron chi connectivity index (χ3n) is 10.9. The van der Waals surface area contributed by atoms with Crippen LogP contribution in [0.25, 0.3) is 0 Å². The summed E-state index contributed by atoms with van der Waals surface area (Å²) in [5.74, 6) is -1.57. The number of aliphatic hydroxyl groups excluding tert-OH is 1. The van der Waals surface area contributed by atoms with Crippen molar-refractivity contribution in [1.29, 1.82) is 0 Å². The summed E-state index contributed by atoms with van der Waals surface area (Å²) in [6.45, 7) is 16.0. The Bertz CT molecular complexity index is 1270. The van der Waals surface area contributed by atoms with Crippen molar-refractivity contribution in [3.63, 3.8) is 0 Å². The van der Waals surface area contributed by atoms with Crippen LogP contribution >= 0.6 is 0 Å². The molecule has 0 radical (unpaired) electrons. The van der Waals surface area contributed by atoms with Crippen LogP contribution in [0.5, 0.6) is 0 Å². The molecular formula is C40H69N5O7. The molecule has 10 atom stereocenters. The molecule has 1 aliphatic heterocycles. The Balaban J connectivity index is 2.25. The van der Waals surface area contributed by atoms with Crippen LogP contribution < -0.4 is 10.6 Å². The maximum atomic E-state index is 14.2. The molecule has 296 valence electrons. The fourth-order valence-electron chi connectivity index (χ4n) is 7.78. The van der Waals surface area contributed by atoms with Crippen LogP contribution in [0.3, 0.4) is 0 Å². The minimum Gasteiger partial charge on any atom is -0.386 e. The molecule has 4 amide bonds. The highest BCUT2D eigenvalue weighted by Crippen LogP contribution is 2.30. The zero-order chi connectivity index (χ0) is 39.4. The van der Waals surface area contributed by atoms with Gasteiger partial charge in [0.05, 0.1) is 54.8 Å². The Morgan fingerprint density at radius 3 is 2.02 bits per heavy atom. The van der Waals surface area contributed by atoms with E-state index in [1.807, 2.05) is 90.9 Å². The Morgan fingerprint density at radius 1 is 0.904 bits per heavy atom. The first-order valence-electron chi connectivity index (χ1n) is 19.0. The van der Waals surface area contributed by atoms with Crippen LogP contribution in [-0.2, 0) is 28.7 Å². The quantitative estimate of drug-likeness (QED) is 0.184. The van der Waals surface area contributed by atoms with Gasteiger partial charge in [-0.1, -0.05) is 85.2 Å². The van der Waals surface area contributed by atoms with Crippen molar-refractivity contribution in [1.82, 2.24) is 25.3 Å². The van der Waals surface area contributed by atoms with Gasteiger partial charge in [0.25, 0.3) is 0 Å². The smallest absolute Gasteiger partial charge is 0.245 e. The number of ether oxygens (including phenoxy) is 2. The second kappa shape index (κ2) is 21.0. The lowest BCUT2D eigenvalue weighted by Gasteiger charge is -2.41. The van der Waals surface area contributed by atoms with E-state index in [0.29, 0.717) is 18.5 Å². The lowest BCUT2D eigenvalue weighted by molar-refractivity contribution is -0.148. The number of amides is 4. The molecule has 1 unspecified atom stereocenters. The van der Waals surface area contributed by atoms with Gasteiger partial charge in [-0.15, -0.1) is 0 Å².